The van der Waals surface area contributed by atoms with Gasteiger partial charge in [-0.2, -0.15) is 0 Å². The molecule has 0 radical (unpaired) electrons. The van der Waals surface area contributed by atoms with Crippen molar-refractivity contribution >= 4 is 17.8 Å². The summed E-state index contributed by atoms with van der Waals surface area (Å²) in [6.07, 6.45) is 2.47. The molecule has 18 heavy (non-hydrogen) atoms. The summed E-state index contributed by atoms with van der Waals surface area (Å²) in [4.78, 5) is 18.9. The first-order chi connectivity index (χ1) is 8.69. The maximum absolute atomic E-state index is 10.5. The molecule has 0 aliphatic carbocycles. The van der Waals surface area contributed by atoms with Gasteiger partial charge in [0.05, 0.1) is 24.1 Å². The van der Waals surface area contributed by atoms with Crippen LogP contribution in [-0.2, 0) is 6.54 Å². The molecule has 0 amide bonds. The molecule has 2 aromatic rings. The Morgan fingerprint density at radius 2 is 2.06 bits per heavy atom. The van der Waals surface area contributed by atoms with E-state index in [0.717, 1.165) is 23.4 Å². The Morgan fingerprint density at radius 1 is 1.33 bits per heavy atom. The minimum absolute atomic E-state index is 0.453. The number of aromatic nitrogens is 2. The summed E-state index contributed by atoms with van der Waals surface area (Å²) in [5, 5.41) is 3.20. The fourth-order valence-corrected chi connectivity index (χ4v) is 1.50. The zero-order chi connectivity index (χ0) is 13.0. The zero-order valence-corrected chi connectivity index (χ0v) is 10.1. The Hall–Kier alpha value is -2.43. The van der Waals surface area contributed by atoms with Crippen molar-refractivity contribution in [1.82, 2.24) is 9.97 Å². The van der Waals surface area contributed by atoms with Crippen molar-refractivity contribution in [3.8, 4) is 0 Å². The van der Waals surface area contributed by atoms with Crippen LogP contribution in [0.5, 0.6) is 0 Å². The molecule has 5 nitrogen and oxygen atoms in total. The fraction of sp³-hybridized carbons (Fsp3) is 0.154. The second-order valence-corrected chi connectivity index (χ2v) is 3.93. The van der Waals surface area contributed by atoms with Gasteiger partial charge in [0.15, 0.2) is 0 Å². The number of anilines is 2. The quantitative estimate of drug-likeness (QED) is 0.799. The van der Waals surface area contributed by atoms with Crippen LogP contribution in [0.1, 0.15) is 21.7 Å². The van der Waals surface area contributed by atoms with Crippen LogP contribution in [0.4, 0.5) is 11.5 Å². The topological polar surface area (TPSA) is 80.9 Å². The second-order valence-electron chi connectivity index (χ2n) is 3.93. The van der Waals surface area contributed by atoms with Gasteiger partial charge in [0.2, 0.25) is 0 Å². The molecule has 92 valence electrons. The number of aryl methyl sites for hydroxylation is 1. The number of benzene rings is 1. The average molecular weight is 242 g/mol. The molecule has 0 bridgehead atoms. The highest BCUT2D eigenvalue weighted by Gasteiger charge is 2.00. The Labute approximate surface area is 105 Å². The maximum Gasteiger partial charge on any atom is 0.150 e. The van der Waals surface area contributed by atoms with Crippen LogP contribution in [0.25, 0.3) is 0 Å². The number of nitrogens with zero attached hydrogens (tertiary/aromatic N) is 2. The van der Waals surface area contributed by atoms with E-state index in [2.05, 4.69) is 15.3 Å². The van der Waals surface area contributed by atoms with E-state index >= 15 is 0 Å². The number of hydrogen-bond acceptors (Lipinski definition) is 5. The van der Waals surface area contributed by atoms with Gasteiger partial charge in [-0.05, 0) is 31.2 Å². The first-order valence-electron chi connectivity index (χ1n) is 5.56. The van der Waals surface area contributed by atoms with Crippen molar-refractivity contribution in [2.45, 2.75) is 13.5 Å². The minimum atomic E-state index is 0.453. The van der Waals surface area contributed by atoms with Crippen molar-refractivity contribution in [3.63, 3.8) is 0 Å². The minimum Gasteiger partial charge on any atom is -0.382 e. The molecule has 1 aromatic heterocycles. The lowest BCUT2D eigenvalue weighted by atomic mass is 10.2. The van der Waals surface area contributed by atoms with Crippen molar-refractivity contribution < 1.29 is 4.79 Å². The summed E-state index contributed by atoms with van der Waals surface area (Å²) in [5.41, 5.74) is 8.73. The Morgan fingerprint density at radius 3 is 2.67 bits per heavy atom. The largest absolute Gasteiger partial charge is 0.382 e. The number of nitrogen functional groups attached to an aromatic ring is 1. The molecule has 0 saturated carbocycles. The lowest BCUT2D eigenvalue weighted by molar-refractivity contribution is 0.112. The van der Waals surface area contributed by atoms with Gasteiger partial charge in [0.25, 0.3) is 0 Å². The summed E-state index contributed by atoms with van der Waals surface area (Å²) in [6.45, 7) is 2.39. The lowest BCUT2D eigenvalue weighted by Gasteiger charge is -2.07. The van der Waals surface area contributed by atoms with Crippen molar-refractivity contribution in [3.05, 3.63) is 47.4 Å². The van der Waals surface area contributed by atoms with Crippen LogP contribution in [-0.4, -0.2) is 16.3 Å². The fourth-order valence-electron chi connectivity index (χ4n) is 1.50. The summed E-state index contributed by atoms with van der Waals surface area (Å²) in [6, 6.07) is 7.22. The molecule has 0 aliphatic heterocycles. The number of nitrogens with two attached hydrogens (primary N) is 1. The van der Waals surface area contributed by atoms with Gasteiger partial charge in [0, 0.05) is 11.3 Å². The molecule has 0 atom stereocenters. The summed E-state index contributed by atoms with van der Waals surface area (Å²) in [5.74, 6) is 0.453. The third-order valence-electron chi connectivity index (χ3n) is 2.56. The second kappa shape index (κ2) is 5.27. The monoisotopic (exact) mass is 242 g/mol. The molecule has 0 unspecified atom stereocenters. The highest BCUT2D eigenvalue weighted by atomic mass is 16.1. The number of hydrogen-bond donors (Lipinski definition) is 2. The van der Waals surface area contributed by atoms with E-state index in [1.165, 1.54) is 0 Å². The normalized spacial score (nSPS) is 10.1. The van der Waals surface area contributed by atoms with Crippen LogP contribution in [0.15, 0.2) is 30.5 Å². The Bertz CT molecular complexity index is 551. The van der Waals surface area contributed by atoms with Crippen LogP contribution in [0, 0.1) is 6.92 Å². The molecule has 3 N–H and O–H groups in total. The molecule has 2 rings (SSSR count). The third kappa shape index (κ3) is 2.82. The third-order valence-corrected chi connectivity index (χ3v) is 2.56. The molecule has 5 heteroatoms. The maximum atomic E-state index is 10.5. The predicted molar refractivity (Wildman–Crippen MR) is 70.3 cm³/mol. The van der Waals surface area contributed by atoms with E-state index in [1.807, 2.05) is 19.1 Å². The smallest absolute Gasteiger partial charge is 0.150 e. The van der Waals surface area contributed by atoms with E-state index in [9.17, 15) is 4.79 Å². The first-order valence-corrected chi connectivity index (χ1v) is 5.56. The van der Waals surface area contributed by atoms with E-state index in [-0.39, 0.29) is 0 Å². The van der Waals surface area contributed by atoms with Gasteiger partial charge in [-0.3, -0.25) is 9.78 Å². The molecule has 1 aromatic carbocycles. The van der Waals surface area contributed by atoms with Crippen molar-refractivity contribution in [2.75, 3.05) is 11.1 Å². The number of aldehydes is 1. The van der Waals surface area contributed by atoms with Gasteiger partial charge < -0.3 is 11.1 Å². The highest BCUT2D eigenvalue weighted by molar-refractivity contribution is 5.75. The van der Waals surface area contributed by atoms with Crippen molar-refractivity contribution in [1.29, 1.82) is 0 Å². The number of carbonyl (C=O) groups excluding carboxylic acids is 1. The van der Waals surface area contributed by atoms with Crippen LogP contribution < -0.4 is 11.1 Å². The zero-order valence-electron chi connectivity index (χ0n) is 10.1. The molecular weight excluding hydrogens is 228 g/mol. The van der Waals surface area contributed by atoms with Gasteiger partial charge in [-0.15, -0.1) is 0 Å². The van der Waals surface area contributed by atoms with E-state index in [1.54, 1.807) is 18.3 Å². The summed E-state index contributed by atoms with van der Waals surface area (Å²) >= 11 is 0. The predicted octanol–water partition coefficient (Wildman–Crippen LogP) is 1.79. The number of nitrogens with one attached hydrogen (secondary N) is 1. The van der Waals surface area contributed by atoms with Crippen LogP contribution >= 0.6 is 0 Å². The Kier molecular flexibility index (Phi) is 3.52. The summed E-state index contributed by atoms with van der Waals surface area (Å²) in [7, 11) is 0. The lowest BCUT2D eigenvalue weighted by Crippen LogP contribution is -2.05. The van der Waals surface area contributed by atoms with Gasteiger partial charge in [-0.25, -0.2) is 4.98 Å². The van der Waals surface area contributed by atoms with Gasteiger partial charge >= 0.3 is 0 Å². The van der Waals surface area contributed by atoms with Crippen molar-refractivity contribution in [2.24, 2.45) is 0 Å². The molecular formula is C13H14N4O. The number of carbonyl (C=O) groups is 1. The van der Waals surface area contributed by atoms with Crippen LogP contribution in [0.2, 0.25) is 0 Å². The molecule has 0 saturated heterocycles. The molecule has 0 spiro atoms. The first kappa shape index (κ1) is 12.0. The standard InChI is InChI=1S/C13H14N4O/c1-9-13(14)16-7-12(17-9)6-15-11-4-2-10(8-18)3-5-11/h2-5,7-8,15H,6H2,1H3,(H2,14,16). The SMILES string of the molecule is Cc1nc(CNc2ccc(C=O)cc2)cnc1N. The summed E-state index contributed by atoms with van der Waals surface area (Å²) < 4.78 is 0. The molecule has 1 heterocycles. The Balaban J connectivity index is 2.01. The highest BCUT2D eigenvalue weighted by Crippen LogP contribution is 2.10. The van der Waals surface area contributed by atoms with E-state index in [4.69, 9.17) is 5.73 Å². The van der Waals surface area contributed by atoms with E-state index in [0.29, 0.717) is 17.9 Å². The van der Waals surface area contributed by atoms with Gasteiger partial charge in [0.1, 0.15) is 12.1 Å². The number of rotatable bonds is 4. The molecule has 0 aliphatic rings. The molecule has 0 fully saturated rings. The average Bonchev–Trinajstić information content (AvgIpc) is 2.41. The van der Waals surface area contributed by atoms with Gasteiger partial charge in [-0.1, -0.05) is 0 Å². The van der Waals surface area contributed by atoms with E-state index < -0.39 is 0 Å². The van der Waals surface area contributed by atoms with Crippen LogP contribution in [0.3, 0.4) is 0 Å².